The van der Waals surface area contributed by atoms with Crippen molar-refractivity contribution in [2.45, 2.75) is 45.0 Å². The molecule has 2 N–H and O–H groups in total. The van der Waals surface area contributed by atoms with Crippen LogP contribution < -0.4 is 9.80 Å². The summed E-state index contributed by atoms with van der Waals surface area (Å²) in [6, 6.07) is 28.9. The summed E-state index contributed by atoms with van der Waals surface area (Å²) in [7, 11) is 0. The SMILES string of the molecule is CC1(C)CC(O)C2CN(c3ccccc3)C(c3ccc(O)cc3)N(c3ccccc3)C2C1. The van der Waals surface area contributed by atoms with E-state index in [1.165, 1.54) is 0 Å². The van der Waals surface area contributed by atoms with Gasteiger partial charge < -0.3 is 20.0 Å². The van der Waals surface area contributed by atoms with E-state index in [0.29, 0.717) is 0 Å². The summed E-state index contributed by atoms with van der Waals surface area (Å²) in [6.45, 7) is 5.34. The van der Waals surface area contributed by atoms with Crippen molar-refractivity contribution >= 4 is 11.4 Å². The maximum absolute atomic E-state index is 11.3. The van der Waals surface area contributed by atoms with Gasteiger partial charge >= 0.3 is 0 Å². The monoisotopic (exact) mass is 428 g/mol. The molecule has 0 amide bonds. The van der Waals surface area contributed by atoms with Gasteiger partial charge in [0.05, 0.1) is 6.10 Å². The van der Waals surface area contributed by atoms with Crippen LogP contribution in [0.2, 0.25) is 0 Å². The summed E-state index contributed by atoms with van der Waals surface area (Å²) in [5, 5.41) is 21.2. The highest BCUT2D eigenvalue weighted by Gasteiger charge is 2.50. The number of rotatable bonds is 3. The van der Waals surface area contributed by atoms with Crippen LogP contribution in [0.5, 0.6) is 5.75 Å². The highest BCUT2D eigenvalue weighted by molar-refractivity contribution is 5.59. The highest BCUT2D eigenvalue weighted by Crippen LogP contribution is 2.49. The molecular formula is C28H32N2O2. The third kappa shape index (κ3) is 3.84. The Balaban J connectivity index is 1.69. The van der Waals surface area contributed by atoms with Crippen LogP contribution in [0.3, 0.4) is 0 Å². The first-order valence-electron chi connectivity index (χ1n) is 11.5. The van der Waals surface area contributed by atoms with Gasteiger partial charge in [0, 0.05) is 29.9 Å². The van der Waals surface area contributed by atoms with Gasteiger partial charge in [-0.3, -0.25) is 0 Å². The minimum Gasteiger partial charge on any atom is -0.508 e. The minimum absolute atomic E-state index is 0.0391. The number of hydrogen-bond acceptors (Lipinski definition) is 4. The third-order valence-corrected chi connectivity index (χ3v) is 7.17. The lowest BCUT2D eigenvalue weighted by molar-refractivity contribution is -0.00719. The maximum atomic E-state index is 11.3. The Hall–Kier alpha value is -2.98. The normalized spacial score (nSPS) is 27.1. The lowest BCUT2D eigenvalue weighted by Crippen LogP contribution is -2.63. The molecule has 4 atom stereocenters. The molecule has 0 bridgehead atoms. The number of phenols is 1. The highest BCUT2D eigenvalue weighted by atomic mass is 16.3. The third-order valence-electron chi connectivity index (χ3n) is 7.17. The van der Waals surface area contributed by atoms with Gasteiger partial charge in [0.1, 0.15) is 11.9 Å². The van der Waals surface area contributed by atoms with Crippen molar-refractivity contribution in [3.63, 3.8) is 0 Å². The first-order chi connectivity index (χ1) is 15.4. The van der Waals surface area contributed by atoms with Gasteiger partial charge in [-0.1, -0.05) is 62.4 Å². The van der Waals surface area contributed by atoms with Crippen molar-refractivity contribution < 1.29 is 10.2 Å². The molecule has 4 heteroatoms. The van der Waals surface area contributed by atoms with Crippen molar-refractivity contribution in [1.82, 2.24) is 0 Å². The summed E-state index contributed by atoms with van der Waals surface area (Å²) in [5.74, 6) is 0.422. The fourth-order valence-electron chi connectivity index (χ4n) is 5.77. The molecule has 166 valence electrons. The molecule has 1 aliphatic carbocycles. The Bertz CT molecular complexity index is 1040. The van der Waals surface area contributed by atoms with Crippen LogP contribution in [0.1, 0.15) is 38.4 Å². The average Bonchev–Trinajstić information content (AvgIpc) is 2.79. The molecule has 3 aromatic carbocycles. The van der Waals surface area contributed by atoms with E-state index in [-0.39, 0.29) is 35.4 Å². The van der Waals surface area contributed by atoms with Crippen LogP contribution in [-0.2, 0) is 0 Å². The van der Waals surface area contributed by atoms with Gasteiger partial charge in [-0.05, 0) is 60.2 Å². The van der Waals surface area contributed by atoms with E-state index in [2.05, 4.69) is 78.2 Å². The molecule has 32 heavy (non-hydrogen) atoms. The van der Waals surface area contributed by atoms with Crippen LogP contribution in [0, 0.1) is 11.3 Å². The van der Waals surface area contributed by atoms with E-state index in [1.807, 2.05) is 18.2 Å². The van der Waals surface area contributed by atoms with Gasteiger partial charge in [-0.25, -0.2) is 0 Å². The van der Waals surface area contributed by atoms with E-state index in [4.69, 9.17) is 0 Å². The molecule has 1 heterocycles. The van der Waals surface area contributed by atoms with Gasteiger partial charge in [0.15, 0.2) is 0 Å². The Kier molecular flexibility index (Phi) is 5.34. The van der Waals surface area contributed by atoms with E-state index < -0.39 is 0 Å². The Morgan fingerprint density at radius 3 is 2.00 bits per heavy atom. The summed E-state index contributed by atoms with van der Waals surface area (Å²) >= 11 is 0. The summed E-state index contributed by atoms with van der Waals surface area (Å²) in [4.78, 5) is 4.93. The zero-order valence-electron chi connectivity index (χ0n) is 18.8. The Morgan fingerprint density at radius 1 is 0.781 bits per heavy atom. The number of fused-ring (bicyclic) bond motifs is 1. The number of anilines is 2. The lowest BCUT2D eigenvalue weighted by Gasteiger charge is -2.59. The number of aliphatic hydroxyl groups excluding tert-OH is 1. The molecule has 5 rings (SSSR count). The van der Waals surface area contributed by atoms with E-state index in [0.717, 1.165) is 36.3 Å². The molecule has 0 spiro atoms. The number of para-hydroxylation sites is 2. The molecule has 1 aliphatic heterocycles. The van der Waals surface area contributed by atoms with Crippen molar-refractivity contribution in [2.75, 3.05) is 16.3 Å². The number of aromatic hydroxyl groups is 1. The molecule has 0 aromatic heterocycles. The van der Waals surface area contributed by atoms with E-state index in [1.54, 1.807) is 12.1 Å². The Morgan fingerprint density at radius 2 is 1.38 bits per heavy atom. The van der Waals surface area contributed by atoms with E-state index in [9.17, 15) is 10.2 Å². The molecule has 1 saturated heterocycles. The first-order valence-corrected chi connectivity index (χ1v) is 11.5. The Labute approximate surface area is 190 Å². The van der Waals surface area contributed by atoms with Crippen LogP contribution in [0.25, 0.3) is 0 Å². The first kappa shape index (κ1) is 20.9. The van der Waals surface area contributed by atoms with Crippen LogP contribution in [0.15, 0.2) is 84.9 Å². The predicted octanol–water partition coefficient (Wildman–Crippen LogP) is 5.58. The zero-order chi connectivity index (χ0) is 22.3. The van der Waals surface area contributed by atoms with Gasteiger partial charge in [-0.2, -0.15) is 0 Å². The number of hydrogen-bond donors (Lipinski definition) is 2. The van der Waals surface area contributed by atoms with Crippen LogP contribution >= 0.6 is 0 Å². The molecule has 2 fully saturated rings. The molecule has 4 nitrogen and oxygen atoms in total. The fraction of sp³-hybridized carbons (Fsp3) is 0.357. The summed E-state index contributed by atoms with van der Waals surface area (Å²) in [6.07, 6.45) is 1.47. The number of nitrogens with zero attached hydrogens (tertiary/aromatic N) is 2. The zero-order valence-corrected chi connectivity index (χ0v) is 18.8. The van der Waals surface area contributed by atoms with Gasteiger partial charge in [0.25, 0.3) is 0 Å². The predicted molar refractivity (Wildman–Crippen MR) is 130 cm³/mol. The molecule has 1 saturated carbocycles. The molecule has 0 radical (unpaired) electrons. The number of benzene rings is 3. The van der Waals surface area contributed by atoms with Crippen molar-refractivity contribution in [3.8, 4) is 5.75 Å². The van der Waals surface area contributed by atoms with E-state index >= 15 is 0 Å². The quantitative estimate of drug-likeness (QED) is 0.571. The molecule has 2 aliphatic rings. The maximum Gasteiger partial charge on any atom is 0.128 e. The van der Waals surface area contributed by atoms with Crippen molar-refractivity contribution in [2.24, 2.45) is 11.3 Å². The fourth-order valence-corrected chi connectivity index (χ4v) is 5.77. The number of phenolic OH excluding ortho intramolecular Hbond substituents is 1. The van der Waals surface area contributed by atoms with Crippen LogP contribution in [0.4, 0.5) is 11.4 Å². The second kappa shape index (κ2) is 8.18. The van der Waals surface area contributed by atoms with Crippen LogP contribution in [-0.4, -0.2) is 28.9 Å². The topological polar surface area (TPSA) is 46.9 Å². The van der Waals surface area contributed by atoms with Crippen molar-refractivity contribution in [3.05, 3.63) is 90.5 Å². The average molecular weight is 429 g/mol. The van der Waals surface area contributed by atoms with Crippen molar-refractivity contribution in [1.29, 1.82) is 0 Å². The molecule has 3 aromatic rings. The van der Waals surface area contributed by atoms with Gasteiger partial charge in [-0.15, -0.1) is 0 Å². The summed E-state index contributed by atoms with van der Waals surface area (Å²) in [5.41, 5.74) is 3.50. The standard InChI is InChI=1S/C28H32N2O2/c1-28(2)17-25-24(26(32)18-28)19-29(21-9-5-3-6-10-21)27(20-13-15-23(31)16-14-20)30(25)22-11-7-4-8-12-22/h3-16,24-27,31-32H,17-19H2,1-2H3. The smallest absolute Gasteiger partial charge is 0.128 e. The second-order valence-electron chi connectivity index (χ2n) is 10.1. The minimum atomic E-state index is -0.345. The largest absolute Gasteiger partial charge is 0.508 e. The molecular weight excluding hydrogens is 396 g/mol. The number of aliphatic hydroxyl groups is 1. The summed E-state index contributed by atoms with van der Waals surface area (Å²) < 4.78 is 0. The molecule has 4 unspecified atom stereocenters. The second-order valence-corrected chi connectivity index (χ2v) is 10.1. The lowest BCUT2D eigenvalue weighted by atomic mass is 9.66. The van der Waals surface area contributed by atoms with Gasteiger partial charge in [0.2, 0.25) is 0 Å².